The van der Waals surface area contributed by atoms with Crippen molar-refractivity contribution in [2.75, 3.05) is 51.8 Å². The van der Waals surface area contributed by atoms with Crippen LogP contribution in [0.4, 0.5) is 5.69 Å². The van der Waals surface area contributed by atoms with Crippen LogP contribution < -0.4 is 26.0 Å². The van der Waals surface area contributed by atoms with Gasteiger partial charge in [0.1, 0.15) is 5.75 Å². The zero-order chi connectivity index (χ0) is 22.9. The van der Waals surface area contributed by atoms with Crippen molar-refractivity contribution >= 4 is 47.4 Å². The molecule has 178 valence electrons. The summed E-state index contributed by atoms with van der Waals surface area (Å²) in [4.78, 5) is 31.8. The first-order valence-corrected chi connectivity index (χ1v) is 10.5. The molecule has 1 aliphatic heterocycles. The number of hydrogen-bond donors (Lipinski definition) is 3. The predicted octanol–water partition coefficient (Wildman–Crippen LogP) is 1.43. The number of anilines is 1. The molecule has 4 N–H and O–H groups in total. The van der Waals surface area contributed by atoms with Gasteiger partial charge >= 0.3 is 0 Å². The van der Waals surface area contributed by atoms with E-state index in [1.807, 2.05) is 24.3 Å². The van der Waals surface area contributed by atoms with Gasteiger partial charge in [-0.3, -0.25) is 14.6 Å². The van der Waals surface area contributed by atoms with Gasteiger partial charge in [0.25, 0.3) is 5.91 Å². The van der Waals surface area contributed by atoms with Gasteiger partial charge in [0.2, 0.25) is 5.91 Å². The second kappa shape index (κ2) is 12.9. The van der Waals surface area contributed by atoms with Crippen molar-refractivity contribution < 1.29 is 14.3 Å². The minimum Gasteiger partial charge on any atom is -0.497 e. The Bertz CT molecular complexity index is 942. The van der Waals surface area contributed by atoms with Crippen LogP contribution in [0.15, 0.2) is 53.5 Å². The van der Waals surface area contributed by atoms with E-state index in [4.69, 9.17) is 10.5 Å². The van der Waals surface area contributed by atoms with Crippen molar-refractivity contribution in [3.05, 3.63) is 59.7 Å². The van der Waals surface area contributed by atoms with Gasteiger partial charge in [0, 0.05) is 51.0 Å². The summed E-state index contributed by atoms with van der Waals surface area (Å²) in [6.07, 6.45) is 0. The minimum atomic E-state index is -0.574. The van der Waals surface area contributed by atoms with Gasteiger partial charge in [-0.05, 0) is 42.0 Å². The molecule has 9 nitrogen and oxygen atoms in total. The number of methoxy groups -OCH3 is 1. The zero-order valence-electron chi connectivity index (χ0n) is 18.9. The monoisotopic (exact) mass is 566 g/mol. The average molecular weight is 566 g/mol. The number of amides is 2. The van der Waals surface area contributed by atoms with E-state index in [2.05, 4.69) is 37.6 Å². The first-order chi connectivity index (χ1) is 15.5. The first kappa shape index (κ1) is 26.2. The van der Waals surface area contributed by atoms with Crippen LogP contribution in [0.25, 0.3) is 0 Å². The number of carbonyl (C=O) groups excluding carboxylic acids is 2. The van der Waals surface area contributed by atoms with E-state index in [1.54, 1.807) is 26.3 Å². The van der Waals surface area contributed by atoms with Crippen LogP contribution in [0.5, 0.6) is 5.75 Å². The van der Waals surface area contributed by atoms with Gasteiger partial charge in [0.05, 0.1) is 13.7 Å². The second-order valence-corrected chi connectivity index (χ2v) is 7.42. The lowest BCUT2D eigenvalue weighted by molar-refractivity contribution is -0.117. The number of hydrogen-bond acceptors (Lipinski definition) is 5. The van der Waals surface area contributed by atoms with E-state index < -0.39 is 5.91 Å². The Hall–Kier alpha value is -3.02. The number of nitrogens with one attached hydrogen (secondary N) is 2. The molecular formula is C23H31IN6O3. The number of ether oxygens (including phenoxy) is 1. The molecule has 0 unspecified atom stereocenters. The summed E-state index contributed by atoms with van der Waals surface area (Å²) in [6, 6.07) is 15.3. The summed E-state index contributed by atoms with van der Waals surface area (Å²) in [5, 5.41) is 5.87. The van der Waals surface area contributed by atoms with Crippen molar-refractivity contribution in [3.63, 3.8) is 0 Å². The van der Waals surface area contributed by atoms with E-state index in [0.29, 0.717) is 12.1 Å². The van der Waals surface area contributed by atoms with Crippen molar-refractivity contribution in [1.29, 1.82) is 0 Å². The van der Waals surface area contributed by atoms with E-state index in [9.17, 15) is 9.59 Å². The lowest BCUT2D eigenvalue weighted by Crippen LogP contribution is -2.52. The molecule has 0 saturated carbocycles. The highest BCUT2D eigenvalue weighted by Crippen LogP contribution is 2.20. The number of piperazine rings is 1. The third kappa shape index (κ3) is 7.52. The van der Waals surface area contributed by atoms with Gasteiger partial charge in [-0.15, -0.1) is 24.0 Å². The Kier molecular flexibility index (Phi) is 10.2. The lowest BCUT2D eigenvalue weighted by Gasteiger charge is -2.37. The van der Waals surface area contributed by atoms with Crippen molar-refractivity contribution in [2.24, 2.45) is 10.7 Å². The highest BCUT2D eigenvalue weighted by atomic mass is 127. The summed E-state index contributed by atoms with van der Waals surface area (Å²) < 4.78 is 5.23. The smallest absolute Gasteiger partial charge is 0.251 e. The normalized spacial score (nSPS) is 13.7. The molecule has 0 radical (unpaired) electrons. The molecule has 1 fully saturated rings. The van der Waals surface area contributed by atoms with Crippen LogP contribution >= 0.6 is 24.0 Å². The van der Waals surface area contributed by atoms with Crippen molar-refractivity contribution in [1.82, 2.24) is 15.5 Å². The molecule has 33 heavy (non-hydrogen) atoms. The second-order valence-electron chi connectivity index (χ2n) is 7.42. The number of primary amides is 1. The predicted molar refractivity (Wildman–Crippen MR) is 140 cm³/mol. The maximum atomic E-state index is 12.0. The van der Waals surface area contributed by atoms with E-state index in [0.717, 1.165) is 43.5 Å². The molecule has 1 saturated heterocycles. The van der Waals surface area contributed by atoms with Gasteiger partial charge in [-0.1, -0.05) is 12.1 Å². The average Bonchev–Trinajstić information content (AvgIpc) is 2.83. The SMILES string of the molecule is CN=C(NCc1ccc(C(=O)NCC(N)=O)cc1)N1CCN(c2ccc(OC)cc2)CC1.I. The molecule has 2 aromatic carbocycles. The van der Waals surface area contributed by atoms with E-state index in [-0.39, 0.29) is 36.4 Å². The van der Waals surface area contributed by atoms with Crippen LogP contribution in [0.3, 0.4) is 0 Å². The maximum Gasteiger partial charge on any atom is 0.251 e. The van der Waals surface area contributed by atoms with Gasteiger partial charge < -0.3 is 30.9 Å². The quantitative estimate of drug-likeness (QED) is 0.266. The van der Waals surface area contributed by atoms with Crippen LogP contribution in [0.2, 0.25) is 0 Å². The standard InChI is InChI=1S/C23H30N6O3.HI/c1-25-23(27-15-17-3-5-18(6-4-17)22(31)26-16-21(24)30)29-13-11-28(12-14-29)19-7-9-20(32-2)10-8-19;/h3-10H,11-16H2,1-2H3,(H2,24,30)(H,25,27)(H,26,31);1H. The number of carbonyl (C=O) groups is 2. The number of aliphatic imine (C=N–C) groups is 1. The minimum absolute atomic E-state index is 0. The Morgan fingerprint density at radius 3 is 2.18 bits per heavy atom. The summed E-state index contributed by atoms with van der Waals surface area (Å²) in [6.45, 7) is 3.96. The summed E-state index contributed by atoms with van der Waals surface area (Å²) in [5.74, 6) is 0.809. The Morgan fingerprint density at radius 2 is 1.64 bits per heavy atom. The number of benzene rings is 2. The molecule has 1 aliphatic rings. The fourth-order valence-electron chi connectivity index (χ4n) is 3.53. The molecule has 0 atom stereocenters. The van der Waals surface area contributed by atoms with Crippen LogP contribution in [0.1, 0.15) is 15.9 Å². The summed E-state index contributed by atoms with van der Waals surface area (Å²) in [5.41, 5.74) is 7.74. The van der Waals surface area contributed by atoms with E-state index in [1.165, 1.54) is 5.69 Å². The summed E-state index contributed by atoms with van der Waals surface area (Å²) in [7, 11) is 3.45. The third-order valence-electron chi connectivity index (χ3n) is 5.32. The number of guanidine groups is 1. The Balaban J connectivity index is 0.00000385. The number of nitrogens with zero attached hydrogens (tertiary/aromatic N) is 3. The van der Waals surface area contributed by atoms with Gasteiger partial charge in [-0.2, -0.15) is 0 Å². The molecule has 0 spiro atoms. The third-order valence-corrected chi connectivity index (χ3v) is 5.32. The molecule has 3 rings (SSSR count). The van der Waals surface area contributed by atoms with Gasteiger partial charge in [0.15, 0.2) is 5.96 Å². The molecule has 10 heteroatoms. The van der Waals surface area contributed by atoms with Crippen LogP contribution in [-0.4, -0.2) is 69.6 Å². The molecule has 2 aromatic rings. The number of nitrogens with two attached hydrogens (primary N) is 1. The lowest BCUT2D eigenvalue weighted by atomic mass is 10.1. The molecule has 2 amide bonds. The number of rotatable bonds is 7. The topological polar surface area (TPSA) is 112 Å². The highest BCUT2D eigenvalue weighted by molar-refractivity contribution is 14.0. The van der Waals surface area contributed by atoms with Crippen LogP contribution in [0, 0.1) is 0 Å². The zero-order valence-corrected chi connectivity index (χ0v) is 21.2. The molecule has 0 aliphatic carbocycles. The molecule has 1 heterocycles. The van der Waals surface area contributed by atoms with Crippen molar-refractivity contribution in [3.8, 4) is 5.75 Å². The number of halogens is 1. The highest BCUT2D eigenvalue weighted by Gasteiger charge is 2.20. The summed E-state index contributed by atoms with van der Waals surface area (Å²) >= 11 is 0. The Labute approximate surface area is 211 Å². The first-order valence-electron chi connectivity index (χ1n) is 10.5. The molecule has 0 bridgehead atoms. The maximum absolute atomic E-state index is 12.0. The fourth-order valence-corrected chi connectivity index (χ4v) is 3.53. The van der Waals surface area contributed by atoms with Gasteiger partial charge in [-0.25, -0.2) is 0 Å². The van der Waals surface area contributed by atoms with Crippen LogP contribution in [-0.2, 0) is 11.3 Å². The Morgan fingerprint density at radius 1 is 1.00 bits per heavy atom. The molecule has 0 aromatic heterocycles. The fraction of sp³-hybridized carbons (Fsp3) is 0.348. The molecular weight excluding hydrogens is 535 g/mol. The van der Waals surface area contributed by atoms with E-state index >= 15 is 0 Å². The largest absolute Gasteiger partial charge is 0.497 e. The van der Waals surface area contributed by atoms with Crippen molar-refractivity contribution in [2.45, 2.75) is 6.54 Å².